The summed E-state index contributed by atoms with van der Waals surface area (Å²) in [6.07, 6.45) is -2.69. The average molecular weight is 614 g/mol. The van der Waals surface area contributed by atoms with E-state index in [0.29, 0.717) is 49.0 Å². The Kier molecular flexibility index (Phi) is 8.13. The second-order valence-electron chi connectivity index (χ2n) is 9.55. The van der Waals surface area contributed by atoms with Crippen molar-refractivity contribution in [3.8, 4) is 17.2 Å². The van der Waals surface area contributed by atoms with Crippen LogP contribution in [0.25, 0.3) is 6.08 Å². The van der Waals surface area contributed by atoms with Crippen LogP contribution in [0.5, 0.6) is 17.2 Å². The highest BCUT2D eigenvalue weighted by atomic mass is 32.2. The maximum absolute atomic E-state index is 13.0. The molecule has 0 radical (unpaired) electrons. The molecule has 0 unspecified atom stereocenters. The number of halogens is 3. The van der Waals surface area contributed by atoms with Crippen LogP contribution in [0, 0.1) is 10.1 Å². The maximum Gasteiger partial charge on any atom is 0.416 e. The summed E-state index contributed by atoms with van der Waals surface area (Å²) < 4.78 is 49.9. The first-order valence-electron chi connectivity index (χ1n) is 12.8. The van der Waals surface area contributed by atoms with Crippen LogP contribution in [0.15, 0.2) is 65.6 Å². The second-order valence-corrected chi connectivity index (χ2v) is 10.5. The minimum Gasteiger partial charge on any atom is -0.493 e. The molecule has 3 aromatic carbocycles. The van der Waals surface area contributed by atoms with Gasteiger partial charge in [-0.05, 0) is 65.2 Å². The number of nitro groups is 1. The molecule has 0 aromatic heterocycles. The topological polar surface area (TPSA) is 119 Å². The van der Waals surface area contributed by atoms with Crippen molar-refractivity contribution in [3.63, 3.8) is 0 Å². The largest absolute Gasteiger partial charge is 0.493 e. The van der Waals surface area contributed by atoms with E-state index in [1.54, 1.807) is 4.90 Å². The number of hydrogen-bond donors (Lipinski definition) is 0. The molecule has 10 nitrogen and oxygen atoms in total. The average Bonchev–Trinajstić information content (AvgIpc) is 3.24. The van der Waals surface area contributed by atoms with E-state index in [1.165, 1.54) is 31.4 Å². The minimum atomic E-state index is -4.78. The van der Waals surface area contributed by atoms with Gasteiger partial charge >= 0.3 is 11.9 Å². The second kappa shape index (κ2) is 11.8. The summed E-state index contributed by atoms with van der Waals surface area (Å²) >= 11 is 0.671. The lowest BCUT2D eigenvalue weighted by atomic mass is 10.00. The van der Waals surface area contributed by atoms with Gasteiger partial charge in [-0.15, -0.1) is 0 Å². The third kappa shape index (κ3) is 6.33. The molecular formula is C29H22F3N3O7S. The SMILES string of the molecule is COc1cc(/C=C2/SC(=O)N(CC(=O)N3CCc4ccccc4C3)C2=O)ccc1Oc1ccc(C(F)(F)F)cc1[N+](=O)[O-]. The molecule has 5 rings (SSSR count). The van der Waals surface area contributed by atoms with Gasteiger partial charge in [-0.25, -0.2) is 0 Å². The molecule has 1 fully saturated rings. The third-order valence-corrected chi connectivity index (χ3v) is 7.75. The molecule has 43 heavy (non-hydrogen) atoms. The van der Waals surface area contributed by atoms with E-state index in [-0.39, 0.29) is 22.3 Å². The van der Waals surface area contributed by atoms with Gasteiger partial charge < -0.3 is 14.4 Å². The summed E-state index contributed by atoms with van der Waals surface area (Å²) in [6, 6.07) is 13.9. The number of thioether (sulfide) groups is 1. The summed E-state index contributed by atoms with van der Waals surface area (Å²) in [5.74, 6) is -1.40. The Hall–Kier alpha value is -4.85. The molecule has 2 aliphatic rings. The van der Waals surface area contributed by atoms with Crippen LogP contribution in [-0.2, 0) is 28.7 Å². The smallest absolute Gasteiger partial charge is 0.416 e. The van der Waals surface area contributed by atoms with Crippen molar-refractivity contribution in [2.75, 3.05) is 20.2 Å². The zero-order chi connectivity index (χ0) is 30.9. The van der Waals surface area contributed by atoms with Crippen LogP contribution in [0.1, 0.15) is 22.3 Å². The fraction of sp³-hybridized carbons (Fsp3) is 0.207. The maximum atomic E-state index is 13.0. The van der Waals surface area contributed by atoms with E-state index in [1.807, 2.05) is 24.3 Å². The van der Waals surface area contributed by atoms with Crippen LogP contribution < -0.4 is 9.47 Å². The van der Waals surface area contributed by atoms with Gasteiger partial charge in [-0.2, -0.15) is 13.2 Å². The number of nitro benzene ring substituents is 1. The van der Waals surface area contributed by atoms with E-state index in [9.17, 15) is 37.7 Å². The summed E-state index contributed by atoms with van der Waals surface area (Å²) in [6.45, 7) is 0.475. The minimum absolute atomic E-state index is 0.0377. The van der Waals surface area contributed by atoms with Gasteiger partial charge in [0.15, 0.2) is 11.5 Å². The Labute approximate surface area is 246 Å². The number of alkyl halides is 3. The molecule has 0 N–H and O–H groups in total. The standard InChI is InChI=1S/C29H22F3N3O7S/c1-41-24-12-17(6-8-23(24)42-22-9-7-20(29(30,31)32)14-21(22)35(39)40)13-25-27(37)34(28(38)43-25)16-26(36)33-11-10-18-4-2-3-5-19(18)15-33/h2-9,12-14H,10-11,15-16H2,1H3/b25-13+. The highest BCUT2D eigenvalue weighted by Crippen LogP contribution is 2.41. The fourth-order valence-electron chi connectivity index (χ4n) is 4.63. The number of methoxy groups -OCH3 is 1. The summed E-state index contributed by atoms with van der Waals surface area (Å²) in [5, 5.41) is 10.8. The summed E-state index contributed by atoms with van der Waals surface area (Å²) in [4.78, 5) is 51.6. The molecule has 2 aliphatic heterocycles. The van der Waals surface area contributed by atoms with E-state index < -0.39 is 45.8 Å². The molecule has 0 saturated carbocycles. The molecule has 0 atom stereocenters. The molecule has 3 amide bonds. The number of benzene rings is 3. The number of carbonyl (C=O) groups excluding carboxylic acids is 3. The van der Waals surface area contributed by atoms with Gasteiger partial charge in [0.25, 0.3) is 11.1 Å². The lowest BCUT2D eigenvalue weighted by Gasteiger charge is -2.29. The third-order valence-electron chi connectivity index (χ3n) is 6.84. The molecule has 3 aromatic rings. The number of amides is 3. The van der Waals surface area contributed by atoms with Gasteiger partial charge in [0.05, 0.1) is 22.5 Å². The highest BCUT2D eigenvalue weighted by Gasteiger charge is 2.38. The van der Waals surface area contributed by atoms with E-state index >= 15 is 0 Å². The van der Waals surface area contributed by atoms with Crippen LogP contribution in [-0.4, -0.2) is 52.0 Å². The van der Waals surface area contributed by atoms with Gasteiger partial charge in [0.2, 0.25) is 11.7 Å². The van der Waals surface area contributed by atoms with Crippen molar-refractivity contribution in [1.29, 1.82) is 0 Å². The van der Waals surface area contributed by atoms with Crippen molar-refractivity contribution in [3.05, 3.63) is 97.9 Å². The summed E-state index contributed by atoms with van der Waals surface area (Å²) in [5.41, 5.74) is 0.481. The first kappa shape index (κ1) is 29.6. The number of hydrogen-bond acceptors (Lipinski definition) is 8. The van der Waals surface area contributed by atoms with E-state index in [4.69, 9.17) is 9.47 Å². The van der Waals surface area contributed by atoms with Crippen molar-refractivity contribution in [1.82, 2.24) is 9.80 Å². The number of ether oxygens (including phenoxy) is 2. The van der Waals surface area contributed by atoms with Gasteiger partial charge in [-0.1, -0.05) is 30.3 Å². The molecular weight excluding hydrogens is 591 g/mol. The first-order chi connectivity index (χ1) is 20.4. The van der Waals surface area contributed by atoms with Crippen molar-refractivity contribution in [2.24, 2.45) is 0 Å². The van der Waals surface area contributed by atoms with Crippen LogP contribution in [0.4, 0.5) is 23.7 Å². The van der Waals surface area contributed by atoms with Crippen molar-refractivity contribution in [2.45, 2.75) is 19.1 Å². The zero-order valence-corrected chi connectivity index (χ0v) is 23.2. The number of nitrogens with zero attached hydrogens (tertiary/aromatic N) is 3. The molecule has 14 heteroatoms. The lowest BCUT2D eigenvalue weighted by molar-refractivity contribution is -0.385. The number of imide groups is 1. The van der Waals surface area contributed by atoms with Gasteiger partial charge in [0, 0.05) is 19.2 Å². The Morgan fingerprint density at radius 1 is 1.05 bits per heavy atom. The van der Waals surface area contributed by atoms with Crippen molar-refractivity contribution >= 4 is 40.6 Å². The number of rotatable bonds is 7. The highest BCUT2D eigenvalue weighted by molar-refractivity contribution is 8.18. The van der Waals surface area contributed by atoms with Crippen LogP contribution >= 0.6 is 11.8 Å². The fourth-order valence-corrected chi connectivity index (χ4v) is 5.47. The molecule has 1 saturated heterocycles. The van der Waals surface area contributed by atoms with Gasteiger partial charge in [0.1, 0.15) is 6.54 Å². The zero-order valence-electron chi connectivity index (χ0n) is 22.4. The summed E-state index contributed by atoms with van der Waals surface area (Å²) in [7, 11) is 1.28. The van der Waals surface area contributed by atoms with Crippen LogP contribution in [0.2, 0.25) is 0 Å². The Morgan fingerprint density at radius 2 is 1.77 bits per heavy atom. The normalized spacial score (nSPS) is 16.0. The Bertz CT molecular complexity index is 1680. The Morgan fingerprint density at radius 3 is 2.47 bits per heavy atom. The first-order valence-corrected chi connectivity index (χ1v) is 13.6. The lowest BCUT2D eigenvalue weighted by Crippen LogP contribution is -2.44. The van der Waals surface area contributed by atoms with Crippen molar-refractivity contribution < 1.29 is 42.0 Å². The monoisotopic (exact) mass is 613 g/mol. The van der Waals surface area contributed by atoms with Gasteiger partial charge in [-0.3, -0.25) is 29.4 Å². The van der Waals surface area contributed by atoms with Crippen LogP contribution in [0.3, 0.4) is 0 Å². The molecule has 222 valence electrons. The Balaban J connectivity index is 1.31. The molecule has 0 spiro atoms. The van der Waals surface area contributed by atoms with E-state index in [2.05, 4.69) is 0 Å². The molecule has 0 aliphatic carbocycles. The quantitative estimate of drug-likeness (QED) is 0.180. The van der Waals surface area contributed by atoms with E-state index in [0.717, 1.165) is 22.1 Å². The predicted octanol–water partition coefficient (Wildman–Crippen LogP) is 6.04. The molecule has 0 bridgehead atoms. The molecule has 2 heterocycles. The predicted molar refractivity (Wildman–Crippen MR) is 149 cm³/mol. The number of fused-ring (bicyclic) bond motifs is 1. The number of carbonyl (C=O) groups is 3.